The number of aromatic nitrogens is 4. The van der Waals surface area contributed by atoms with Gasteiger partial charge in [-0.25, -0.2) is 15.0 Å². The predicted molar refractivity (Wildman–Crippen MR) is 70.2 cm³/mol. The molecule has 2 N–H and O–H groups in total. The third-order valence-corrected chi connectivity index (χ3v) is 2.41. The lowest BCUT2D eigenvalue weighted by molar-refractivity contribution is -0.155. The molecule has 2 aromatic rings. The first kappa shape index (κ1) is 13.3. The molecule has 2 rings (SSSR count). The molecule has 2 heterocycles. The van der Waals surface area contributed by atoms with Crippen LogP contribution in [0.25, 0.3) is 11.2 Å². The first-order valence-corrected chi connectivity index (χ1v) is 6.00. The van der Waals surface area contributed by atoms with Crippen LogP contribution in [0.4, 0.5) is 5.82 Å². The lowest BCUT2D eigenvalue weighted by atomic mass is 10.2. The molecule has 102 valence electrons. The number of ether oxygens (including phenoxy) is 1. The van der Waals surface area contributed by atoms with Crippen LogP contribution in [0, 0.1) is 0 Å². The maximum absolute atomic E-state index is 11.6. The highest BCUT2D eigenvalue weighted by Gasteiger charge is 2.16. The second-order valence-electron chi connectivity index (χ2n) is 5.21. The fourth-order valence-electron chi connectivity index (χ4n) is 1.67. The average Bonchev–Trinajstić information content (AvgIpc) is 2.69. The Kier molecular flexibility index (Phi) is 3.37. The summed E-state index contributed by atoms with van der Waals surface area (Å²) in [5.41, 5.74) is 6.39. The van der Waals surface area contributed by atoms with E-state index in [4.69, 9.17) is 10.5 Å². The normalized spacial score (nSPS) is 11.7. The SMILES string of the molecule is CC(C)(C)OC(=O)CCn1cnc2c(N)ncnc21. The van der Waals surface area contributed by atoms with Crippen LogP contribution in [-0.2, 0) is 16.1 Å². The van der Waals surface area contributed by atoms with Gasteiger partial charge in [-0.3, -0.25) is 4.79 Å². The second-order valence-corrected chi connectivity index (χ2v) is 5.21. The molecule has 0 saturated heterocycles. The maximum atomic E-state index is 11.6. The Bertz CT molecular complexity index is 600. The number of fused-ring (bicyclic) bond motifs is 1. The number of aryl methyl sites for hydroxylation is 1. The van der Waals surface area contributed by atoms with Crippen LogP contribution in [0.5, 0.6) is 0 Å². The molecule has 0 unspecified atom stereocenters. The Hall–Kier alpha value is -2.18. The van der Waals surface area contributed by atoms with Crippen molar-refractivity contribution < 1.29 is 9.53 Å². The van der Waals surface area contributed by atoms with Gasteiger partial charge in [0.05, 0.1) is 12.7 Å². The monoisotopic (exact) mass is 263 g/mol. The van der Waals surface area contributed by atoms with Gasteiger partial charge in [0.15, 0.2) is 11.5 Å². The minimum Gasteiger partial charge on any atom is -0.460 e. The molecule has 0 aliphatic heterocycles. The number of hydrogen-bond acceptors (Lipinski definition) is 6. The Morgan fingerprint density at radius 3 is 2.79 bits per heavy atom. The minimum absolute atomic E-state index is 0.253. The number of nitrogen functional groups attached to an aromatic ring is 1. The molecule has 0 atom stereocenters. The molecular weight excluding hydrogens is 246 g/mol. The van der Waals surface area contributed by atoms with Crippen molar-refractivity contribution in [2.75, 3.05) is 5.73 Å². The zero-order chi connectivity index (χ0) is 14.0. The summed E-state index contributed by atoms with van der Waals surface area (Å²) in [6.07, 6.45) is 3.23. The van der Waals surface area contributed by atoms with Gasteiger partial charge in [-0.1, -0.05) is 0 Å². The largest absolute Gasteiger partial charge is 0.460 e. The summed E-state index contributed by atoms with van der Waals surface area (Å²) in [4.78, 5) is 23.8. The molecule has 7 nitrogen and oxygen atoms in total. The molecule has 0 radical (unpaired) electrons. The summed E-state index contributed by atoms with van der Waals surface area (Å²) in [7, 11) is 0. The van der Waals surface area contributed by atoms with E-state index in [1.54, 1.807) is 10.9 Å². The molecular formula is C12H17N5O2. The molecule has 0 aliphatic carbocycles. The highest BCUT2D eigenvalue weighted by atomic mass is 16.6. The summed E-state index contributed by atoms with van der Waals surface area (Å²) in [5.74, 6) is 0.0809. The molecule has 7 heteroatoms. The quantitative estimate of drug-likeness (QED) is 0.834. The van der Waals surface area contributed by atoms with Crippen LogP contribution in [0.15, 0.2) is 12.7 Å². The molecule has 0 aromatic carbocycles. The van der Waals surface area contributed by atoms with Crippen LogP contribution in [0.1, 0.15) is 27.2 Å². The van der Waals surface area contributed by atoms with E-state index in [0.29, 0.717) is 23.5 Å². The highest BCUT2D eigenvalue weighted by molar-refractivity contribution is 5.81. The number of esters is 1. The summed E-state index contributed by atoms with van der Waals surface area (Å²) >= 11 is 0. The van der Waals surface area contributed by atoms with Gasteiger partial charge < -0.3 is 15.0 Å². The fraction of sp³-hybridized carbons (Fsp3) is 0.500. The van der Waals surface area contributed by atoms with Crippen LogP contribution in [0.2, 0.25) is 0 Å². The zero-order valence-corrected chi connectivity index (χ0v) is 11.3. The van der Waals surface area contributed by atoms with Gasteiger partial charge in [0.25, 0.3) is 0 Å². The predicted octanol–water partition coefficient (Wildman–Crippen LogP) is 1.14. The third-order valence-electron chi connectivity index (χ3n) is 2.41. The van der Waals surface area contributed by atoms with Gasteiger partial charge >= 0.3 is 5.97 Å². The van der Waals surface area contributed by atoms with Crippen LogP contribution in [-0.4, -0.2) is 31.1 Å². The molecule has 0 spiro atoms. The number of imidazole rings is 1. The van der Waals surface area contributed by atoms with Gasteiger partial charge in [0.1, 0.15) is 17.4 Å². The van der Waals surface area contributed by atoms with Crippen molar-refractivity contribution in [3.8, 4) is 0 Å². The van der Waals surface area contributed by atoms with E-state index >= 15 is 0 Å². The summed E-state index contributed by atoms with van der Waals surface area (Å²) < 4.78 is 7.00. The molecule has 0 amide bonds. The topological polar surface area (TPSA) is 95.9 Å². The lowest BCUT2D eigenvalue weighted by Crippen LogP contribution is -2.24. The second kappa shape index (κ2) is 4.83. The Morgan fingerprint density at radius 1 is 1.37 bits per heavy atom. The molecule has 0 saturated carbocycles. The van der Waals surface area contributed by atoms with Crippen molar-refractivity contribution in [2.45, 2.75) is 39.3 Å². The number of rotatable bonds is 3. The van der Waals surface area contributed by atoms with Crippen LogP contribution >= 0.6 is 0 Å². The fourth-order valence-corrected chi connectivity index (χ4v) is 1.67. The van der Waals surface area contributed by atoms with Gasteiger partial charge in [-0.15, -0.1) is 0 Å². The maximum Gasteiger partial charge on any atom is 0.308 e. The van der Waals surface area contributed by atoms with Crippen molar-refractivity contribution in [2.24, 2.45) is 0 Å². The van der Waals surface area contributed by atoms with Crippen molar-refractivity contribution in [1.82, 2.24) is 19.5 Å². The molecule has 0 fully saturated rings. The van der Waals surface area contributed by atoms with Gasteiger partial charge in [0.2, 0.25) is 0 Å². The van der Waals surface area contributed by atoms with E-state index < -0.39 is 5.60 Å². The smallest absolute Gasteiger partial charge is 0.308 e. The number of nitrogens with zero attached hydrogens (tertiary/aromatic N) is 4. The van der Waals surface area contributed by atoms with Crippen molar-refractivity contribution in [3.63, 3.8) is 0 Å². The van der Waals surface area contributed by atoms with Crippen molar-refractivity contribution in [1.29, 1.82) is 0 Å². The summed E-state index contributed by atoms with van der Waals surface area (Å²) in [6.45, 7) is 5.96. The van der Waals surface area contributed by atoms with Gasteiger partial charge in [0, 0.05) is 6.54 Å². The average molecular weight is 263 g/mol. The highest BCUT2D eigenvalue weighted by Crippen LogP contribution is 2.15. The lowest BCUT2D eigenvalue weighted by Gasteiger charge is -2.19. The van der Waals surface area contributed by atoms with Crippen LogP contribution < -0.4 is 5.73 Å². The molecule has 0 aliphatic rings. The molecule has 19 heavy (non-hydrogen) atoms. The zero-order valence-electron chi connectivity index (χ0n) is 11.3. The molecule has 0 bridgehead atoms. The number of nitrogens with two attached hydrogens (primary N) is 1. The van der Waals surface area contributed by atoms with E-state index in [2.05, 4.69) is 15.0 Å². The number of carbonyl (C=O) groups is 1. The minimum atomic E-state index is -0.472. The van der Waals surface area contributed by atoms with E-state index in [1.807, 2.05) is 20.8 Å². The van der Waals surface area contributed by atoms with E-state index in [-0.39, 0.29) is 12.4 Å². The number of hydrogen-bond donors (Lipinski definition) is 1. The first-order valence-electron chi connectivity index (χ1n) is 6.00. The van der Waals surface area contributed by atoms with Crippen molar-refractivity contribution >= 4 is 23.0 Å². The number of anilines is 1. The van der Waals surface area contributed by atoms with E-state index in [1.165, 1.54) is 6.33 Å². The third kappa shape index (κ3) is 3.18. The van der Waals surface area contributed by atoms with Crippen LogP contribution in [0.3, 0.4) is 0 Å². The van der Waals surface area contributed by atoms with Gasteiger partial charge in [-0.05, 0) is 20.8 Å². The summed E-state index contributed by atoms with van der Waals surface area (Å²) in [6, 6.07) is 0. The van der Waals surface area contributed by atoms with Crippen molar-refractivity contribution in [3.05, 3.63) is 12.7 Å². The van der Waals surface area contributed by atoms with Gasteiger partial charge in [-0.2, -0.15) is 0 Å². The Balaban J connectivity index is 2.07. The first-order chi connectivity index (χ1) is 8.87. The Labute approximate surface area is 110 Å². The van der Waals surface area contributed by atoms with E-state index in [0.717, 1.165) is 0 Å². The van der Waals surface area contributed by atoms with E-state index in [9.17, 15) is 4.79 Å². The summed E-state index contributed by atoms with van der Waals surface area (Å²) in [5, 5.41) is 0. The number of carbonyl (C=O) groups excluding carboxylic acids is 1. The molecule has 2 aromatic heterocycles. The Morgan fingerprint density at radius 2 is 2.11 bits per heavy atom. The standard InChI is InChI=1S/C12H17N5O2/c1-12(2,3)19-8(18)4-5-17-7-16-9-10(13)14-6-15-11(9)17/h6-7H,4-5H2,1-3H3,(H2,13,14,15).